The maximum absolute atomic E-state index is 12.4. The van der Waals surface area contributed by atoms with Gasteiger partial charge in [0.15, 0.2) is 6.61 Å². The Labute approximate surface area is 147 Å². The van der Waals surface area contributed by atoms with Crippen LogP contribution in [0.4, 0.5) is 0 Å². The zero-order valence-electron chi connectivity index (χ0n) is 15.0. The highest BCUT2D eigenvalue weighted by Crippen LogP contribution is 2.27. The molecule has 0 fully saturated rings. The highest BCUT2D eigenvalue weighted by atomic mass is 16.5. The summed E-state index contributed by atoms with van der Waals surface area (Å²) in [6.45, 7) is 6.27. The molecule has 0 aliphatic rings. The molecule has 25 heavy (non-hydrogen) atoms. The zero-order valence-corrected chi connectivity index (χ0v) is 15.0. The first-order chi connectivity index (χ1) is 12.1. The standard InChI is InChI=1S/C19H25NO5/c1-4-8-13(3)20-17(21)12-24-19(22)18-15(11-23-5-2)14-9-6-7-10-16(14)25-18/h6-7,9-10,13H,4-5,8,11-12H2,1-3H3,(H,20,21). The summed E-state index contributed by atoms with van der Waals surface area (Å²) >= 11 is 0. The summed E-state index contributed by atoms with van der Waals surface area (Å²) in [6, 6.07) is 7.39. The molecule has 1 atom stereocenters. The van der Waals surface area contributed by atoms with Crippen LogP contribution in [0.15, 0.2) is 28.7 Å². The number of carbonyl (C=O) groups excluding carboxylic acids is 2. The lowest BCUT2D eigenvalue weighted by Gasteiger charge is -2.12. The number of hydrogen-bond donors (Lipinski definition) is 1. The first-order valence-electron chi connectivity index (χ1n) is 8.61. The lowest BCUT2D eigenvalue weighted by molar-refractivity contribution is -0.124. The number of fused-ring (bicyclic) bond motifs is 1. The van der Waals surface area contributed by atoms with Crippen molar-refractivity contribution in [2.75, 3.05) is 13.2 Å². The number of rotatable bonds is 9. The Morgan fingerprint density at radius 2 is 2.00 bits per heavy atom. The Kier molecular flexibility index (Phi) is 7.01. The lowest BCUT2D eigenvalue weighted by Crippen LogP contribution is -2.35. The van der Waals surface area contributed by atoms with Crippen LogP contribution in [0.2, 0.25) is 0 Å². The molecule has 2 rings (SSSR count). The quantitative estimate of drug-likeness (QED) is 0.703. The van der Waals surface area contributed by atoms with Crippen LogP contribution in [0.1, 0.15) is 49.7 Å². The molecule has 0 saturated heterocycles. The monoisotopic (exact) mass is 347 g/mol. The van der Waals surface area contributed by atoms with Crippen LogP contribution in [0.25, 0.3) is 11.0 Å². The molecule has 136 valence electrons. The van der Waals surface area contributed by atoms with Crippen LogP contribution in [-0.4, -0.2) is 31.1 Å². The molecule has 0 radical (unpaired) electrons. The van der Waals surface area contributed by atoms with E-state index in [4.69, 9.17) is 13.9 Å². The molecule has 1 N–H and O–H groups in total. The third-order valence-electron chi connectivity index (χ3n) is 3.80. The number of amides is 1. The molecule has 1 heterocycles. The fraction of sp³-hybridized carbons (Fsp3) is 0.474. The van der Waals surface area contributed by atoms with E-state index in [2.05, 4.69) is 5.32 Å². The van der Waals surface area contributed by atoms with E-state index in [1.54, 1.807) is 6.07 Å². The van der Waals surface area contributed by atoms with E-state index in [0.29, 0.717) is 17.8 Å². The molecule has 1 aromatic heterocycles. The first-order valence-corrected chi connectivity index (χ1v) is 8.61. The van der Waals surface area contributed by atoms with Gasteiger partial charge in [-0.1, -0.05) is 31.5 Å². The zero-order chi connectivity index (χ0) is 18.2. The predicted molar refractivity (Wildman–Crippen MR) is 94.3 cm³/mol. The molecule has 1 amide bonds. The number of carbonyl (C=O) groups is 2. The smallest absolute Gasteiger partial charge is 0.375 e. The second-order valence-corrected chi connectivity index (χ2v) is 5.88. The van der Waals surface area contributed by atoms with Gasteiger partial charge >= 0.3 is 5.97 Å². The highest BCUT2D eigenvalue weighted by molar-refractivity contribution is 5.96. The molecule has 0 bridgehead atoms. The second-order valence-electron chi connectivity index (χ2n) is 5.88. The van der Waals surface area contributed by atoms with Gasteiger partial charge < -0.3 is 19.2 Å². The van der Waals surface area contributed by atoms with Gasteiger partial charge in [0.05, 0.1) is 6.61 Å². The van der Waals surface area contributed by atoms with E-state index in [0.717, 1.165) is 18.2 Å². The Morgan fingerprint density at radius 1 is 1.24 bits per heavy atom. The predicted octanol–water partition coefficient (Wildman–Crippen LogP) is 3.43. The average molecular weight is 347 g/mol. The minimum atomic E-state index is -0.663. The fourth-order valence-corrected chi connectivity index (χ4v) is 2.63. The van der Waals surface area contributed by atoms with E-state index in [-0.39, 0.29) is 30.9 Å². The maximum atomic E-state index is 12.4. The highest BCUT2D eigenvalue weighted by Gasteiger charge is 2.22. The number of para-hydroxylation sites is 1. The van der Waals surface area contributed by atoms with Crippen LogP contribution in [-0.2, 0) is 20.9 Å². The summed E-state index contributed by atoms with van der Waals surface area (Å²) in [7, 11) is 0. The van der Waals surface area contributed by atoms with Gasteiger partial charge in [0.25, 0.3) is 5.91 Å². The van der Waals surface area contributed by atoms with Gasteiger partial charge in [-0.05, 0) is 26.3 Å². The molecule has 2 aromatic rings. The first kappa shape index (κ1) is 19.0. The minimum Gasteiger partial charge on any atom is -0.450 e. The molecule has 0 aliphatic carbocycles. The average Bonchev–Trinajstić information content (AvgIpc) is 2.96. The lowest BCUT2D eigenvalue weighted by atomic mass is 10.1. The number of esters is 1. The SMILES string of the molecule is CCCC(C)NC(=O)COC(=O)c1oc2ccccc2c1COCC. The van der Waals surface area contributed by atoms with E-state index in [1.165, 1.54) is 0 Å². The third-order valence-corrected chi connectivity index (χ3v) is 3.80. The Balaban J connectivity index is 2.07. The number of hydrogen-bond acceptors (Lipinski definition) is 5. The molecular formula is C19H25NO5. The Morgan fingerprint density at radius 3 is 2.72 bits per heavy atom. The van der Waals surface area contributed by atoms with E-state index in [1.807, 2.05) is 39.0 Å². The van der Waals surface area contributed by atoms with Crippen molar-refractivity contribution in [3.8, 4) is 0 Å². The van der Waals surface area contributed by atoms with E-state index < -0.39 is 5.97 Å². The molecular weight excluding hydrogens is 322 g/mol. The molecule has 1 aromatic carbocycles. The Hall–Kier alpha value is -2.34. The van der Waals surface area contributed by atoms with Crippen LogP contribution in [0.5, 0.6) is 0 Å². The number of nitrogens with one attached hydrogen (secondary N) is 1. The van der Waals surface area contributed by atoms with Gasteiger partial charge in [-0.2, -0.15) is 0 Å². The van der Waals surface area contributed by atoms with Crippen molar-refractivity contribution in [3.63, 3.8) is 0 Å². The van der Waals surface area contributed by atoms with Gasteiger partial charge in [-0.3, -0.25) is 4.79 Å². The number of ether oxygens (including phenoxy) is 2. The molecule has 0 saturated carbocycles. The van der Waals surface area contributed by atoms with Gasteiger partial charge in [0, 0.05) is 23.6 Å². The molecule has 1 unspecified atom stereocenters. The number of benzene rings is 1. The van der Waals surface area contributed by atoms with Crippen molar-refractivity contribution in [2.24, 2.45) is 0 Å². The summed E-state index contributed by atoms with van der Waals surface area (Å²) in [6.07, 6.45) is 1.85. The van der Waals surface area contributed by atoms with Crippen LogP contribution in [0, 0.1) is 0 Å². The van der Waals surface area contributed by atoms with Crippen molar-refractivity contribution >= 4 is 22.8 Å². The van der Waals surface area contributed by atoms with Crippen LogP contribution >= 0.6 is 0 Å². The Bertz CT molecular complexity index is 722. The third kappa shape index (κ3) is 5.06. The molecule has 0 aliphatic heterocycles. The van der Waals surface area contributed by atoms with Gasteiger partial charge in [-0.25, -0.2) is 4.79 Å². The normalized spacial score (nSPS) is 12.1. The van der Waals surface area contributed by atoms with Gasteiger partial charge in [-0.15, -0.1) is 0 Å². The fourth-order valence-electron chi connectivity index (χ4n) is 2.63. The molecule has 6 heteroatoms. The summed E-state index contributed by atoms with van der Waals surface area (Å²) in [4.78, 5) is 24.2. The van der Waals surface area contributed by atoms with Crippen molar-refractivity contribution < 1.29 is 23.5 Å². The van der Waals surface area contributed by atoms with Crippen molar-refractivity contribution in [3.05, 3.63) is 35.6 Å². The van der Waals surface area contributed by atoms with E-state index in [9.17, 15) is 9.59 Å². The number of furan rings is 1. The largest absolute Gasteiger partial charge is 0.450 e. The topological polar surface area (TPSA) is 77.8 Å². The summed E-state index contributed by atoms with van der Waals surface area (Å²) in [5.74, 6) is -0.898. The maximum Gasteiger partial charge on any atom is 0.375 e. The van der Waals surface area contributed by atoms with Gasteiger partial charge in [0.1, 0.15) is 5.58 Å². The summed E-state index contributed by atoms with van der Waals surface area (Å²) < 4.78 is 16.2. The second kappa shape index (κ2) is 9.22. The van der Waals surface area contributed by atoms with Crippen LogP contribution < -0.4 is 5.32 Å². The summed E-state index contributed by atoms with van der Waals surface area (Å²) in [5, 5.41) is 3.60. The van der Waals surface area contributed by atoms with Crippen molar-refractivity contribution in [2.45, 2.75) is 46.3 Å². The molecule has 0 spiro atoms. The van der Waals surface area contributed by atoms with E-state index >= 15 is 0 Å². The van der Waals surface area contributed by atoms with Gasteiger partial charge in [0.2, 0.25) is 5.76 Å². The molecule has 6 nitrogen and oxygen atoms in total. The summed E-state index contributed by atoms with van der Waals surface area (Å²) in [5.41, 5.74) is 1.23. The van der Waals surface area contributed by atoms with Crippen molar-refractivity contribution in [1.82, 2.24) is 5.32 Å². The van der Waals surface area contributed by atoms with Crippen LogP contribution in [0.3, 0.4) is 0 Å². The minimum absolute atomic E-state index is 0.0518. The van der Waals surface area contributed by atoms with Crippen molar-refractivity contribution in [1.29, 1.82) is 0 Å².